The smallest absolute Gasteiger partial charge is 0.333 e. The molecule has 0 aromatic rings. The average Bonchev–Trinajstić information content (AvgIpc) is 0.786. The maximum Gasteiger partial charge on any atom is 0.333 e. The maximum atomic E-state index is 13.7. The molecule has 38 heteroatoms. The summed E-state index contributed by atoms with van der Waals surface area (Å²) in [7, 11) is 0. The second kappa shape index (κ2) is 47.7. The molecule has 7 heterocycles. The summed E-state index contributed by atoms with van der Waals surface area (Å²) in [6, 6.07) is 0. The number of esters is 1. The van der Waals surface area contributed by atoms with Crippen LogP contribution >= 0.6 is 0 Å². The van der Waals surface area contributed by atoms with Gasteiger partial charge in [0.1, 0.15) is 153 Å². The summed E-state index contributed by atoms with van der Waals surface area (Å²) >= 11 is 0. The van der Waals surface area contributed by atoms with Crippen LogP contribution in [0.5, 0.6) is 0 Å². The Morgan fingerprint density at radius 3 is 1.17 bits per heavy atom. The van der Waals surface area contributed by atoms with Crippen molar-refractivity contribution in [1.29, 1.82) is 0 Å². The molecule has 0 amide bonds. The monoisotopic (exact) mass is 1730 g/mol. The van der Waals surface area contributed by atoms with Crippen molar-refractivity contribution in [1.82, 2.24) is 0 Å². The van der Waals surface area contributed by atoms with Gasteiger partial charge in [-0.25, -0.2) is 4.79 Å². The third-order valence-electron chi connectivity index (χ3n) is 22.9. The van der Waals surface area contributed by atoms with Crippen LogP contribution in [0.4, 0.5) is 0 Å². The number of aliphatic hydroxyl groups excluding tert-OH is 22. The summed E-state index contributed by atoms with van der Waals surface area (Å²) in [5.41, 5.74) is 2.18. The predicted molar refractivity (Wildman–Crippen MR) is 418 cm³/mol. The zero-order valence-electron chi connectivity index (χ0n) is 69.7. The molecule has 120 heavy (non-hydrogen) atoms. The highest BCUT2D eigenvalue weighted by atomic mass is 16.8. The van der Waals surface area contributed by atoms with E-state index in [0.717, 1.165) is 27.9 Å². The molecule has 7 aliphatic rings. The van der Waals surface area contributed by atoms with Crippen LogP contribution in [0.1, 0.15) is 140 Å². The van der Waals surface area contributed by atoms with Gasteiger partial charge in [0.05, 0.1) is 69.2 Å². The van der Waals surface area contributed by atoms with E-state index in [9.17, 15) is 117 Å². The predicted octanol–water partition coefficient (Wildman–Crippen LogP) is -3.44. The van der Waals surface area contributed by atoms with Crippen LogP contribution in [0.25, 0.3) is 0 Å². The van der Waals surface area contributed by atoms with E-state index in [-0.39, 0.29) is 18.6 Å². The number of allylic oxidation sites excluding steroid dienone is 8. The summed E-state index contributed by atoms with van der Waals surface area (Å²) < 4.78 is 88.3. The van der Waals surface area contributed by atoms with Gasteiger partial charge < -0.3 is 183 Å². The molecule has 0 spiro atoms. The van der Waals surface area contributed by atoms with Gasteiger partial charge in [0.15, 0.2) is 50.1 Å². The first-order chi connectivity index (χ1) is 56.6. The first-order valence-corrected chi connectivity index (χ1v) is 40.9. The Bertz CT molecular complexity index is 3340. The fraction of sp³-hybridized carbons (Fsp3) is 0.793. The summed E-state index contributed by atoms with van der Waals surface area (Å²) in [4.78, 5) is 13.7. The molecule has 22 N–H and O–H groups in total. The molecule has 7 aliphatic heterocycles. The highest BCUT2D eigenvalue weighted by molar-refractivity contribution is 5.88. The van der Waals surface area contributed by atoms with Gasteiger partial charge in [-0.05, 0) is 146 Å². The Kier molecular flexibility index (Phi) is 40.9. The molecule has 38 atom stereocenters. The number of aliphatic hydroxyl groups is 22. The van der Waals surface area contributed by atoms with E-state index in [0.29, 0.717) is 64.2 Å². The lowest BCUT2D eigenvalue weighted by molar-refractivity contribution is -0.375. The molecule has 7 saturated heterocycles. The van der Waals surface area contributed by atoms with Crippen molar-refractivity contribution in [3.8, 4) is 0 Å². The number of rotatable bonds is 42. The third-order valence-corrected chi connectivity index (χ3v) is 22.9. The van der Waals surface area contributed by atoms with Crippen molar-refractivity contribution >= 4 is 5.97 Å². The zero-order chi connectivity index (χ0) is 89.1. The van der Waals surface area contributed by atoms with Crippen molar-refractivity contribution < 1.29 is 188 Å². The molecule has 0 unspecified atom stereocenters. The summed E-state index contributed by atoms with van der Waals surface area (Å²) in [6.45, 7) is 21.2. The molecule has 0 bridgehead atoms. The Morgan fingerprint density at radius 1 is 0.375 bits per heavy atom. The summed E-state index contributed by atoms with van der Waals surface area (Å²) in [5.74, 6) is -1.04. The number of carbonyl (C=O) groups excluding carboxylic acids is 1. The lowest BCUT2D eigenvalue weighted by Gasteiger charge is -2.47. The molecular weight excluding hydrogens is 1590 g/mol. The Balaban J connectivity index is 0.890. The molecule has 0 radical (unpaired) electrons. The van der Waals surface area contributed by atoms with Gasteiger partial charge >= 0.3 is 5.97 Å². The van der Waals surface area contributed by atoms with Crippen LogP contribution in [0.2, 0.25) is 0 Å². The van der Waals surface area contributed by atoms with E-state index < -0.39 is 271 Å². The lowest BCUT2D eigenvalue weighted by Crippen LogP contribution is -2.65. The third kappa shape index (κ3) is 27.5. The van der Waals surface area contributed by atoms with Gasteiger partial charge in [0.25, 0.3) is 0 Å². The van der Waals surface area contributed by atoms with Gasteiger partial charge in [-0.15, -0.1) is 13.2 Å². The van der Waals surface area contributed by atoms with Gasteiger partial charge in [-0.3, -0.25) is 0 Å². The topological polar surface area (TPSA) is 601 Å². The summed E-state index contributed by atoms with van der Waals surface area (Å²) in [6.07, 6.45) is -38.3. The second-order valence-corrected chi connectivity index (χ2v) is 32.9. The minimum Gasteiger partial charge on any atom is -0.453 e. The molecule has 7 fully saturated rings. The number of hydrogen-bond donors (Lipinski definition) is 22. The summed E-state index contributed by atoms with van der Waals surface area (Å²) in [5, 5.41) is 235. The lowest BCUT2D eigenvalue weighted by atomic mass is 9.95. The molecular formula is C82H134O38. The number of hydrogen-bond acceptors (Lipinski definition) is 38. The standard InChI is InChI=1S/C82H134O38/c1-13-81(11,119-79-71(61(97)56(92)49(34-85)112-79)117-76-65(101)59(95)54(90)47(32-83)110-76)28-18-26-39(4)21-15-20-38(3)23-17-25-42(7)36-106-75-67(103)63(99)69(51(114-75)37-107-74-64(100)58(94)52(88)44(9)108-74)116-78-68(104)70(53(89)45(10)109-78)115-73(105)43(8)31-46(87)30-41(6)24-16-22-40(5)27-19-29-82(12,14-2)120-80-72(62(98)57(93)50(35-86)113-80)118-77-66(102)60(96)55(91)48(33-84)111-77/h13-14,20,24-27,31,44-72,74-80,83-104H,1-2,15-19,21-23,28-30,32-37H2,3-12H3/b38-20-,39-26-,40-27-,41-24-,42-25+,43-31-/t44-,45-,46-,47+,48+,49+,50+,51+,52-,53-,54+,55+,56+,57+,58+,59-,60-,61-,62-,63+,64+,65+,66+,67+,68+,69+,70+,71+,72+,74+,75+,76+,77-,78+,79-,80-,81+,82+/m0/s1. The Morgan fingerprint density at radius 2 is 0.717 bits per heavy atom. The van der Waals surface area contributed by atoms with Gasteiger partial charge in [-0.1, -0.05) is 70.4 Å². The average molecular weight is 1730 g/mol. The van der Waals surface area contributed by atoms with Gasteiger partial charge in [0, 0.05) is 5.57 Å². The zero-order valence-corrected chi connectivity index (χ0v) is 69.7. The van der Waals surface area contributed by atoms with Crippen LogP contribution in [0.15, 0.2) is 95.2 Å². The second-order valence-electron chi connectivity index (χ2n) is 32.9. The largest absolute Gasteiger partial charge is 0.453 e. The Labute approximate surface area is 698 Å². The van der Waals surface area contributed by atoms with Crippen LogP contribution in [0.3, 0.4) is 0 Å². The fourth-order valence-corrected chi connectivity index (χ4v) is 14.8. The fourth-order valence-electron chi connectivity index (χ4n) is 14.8. The van der Waals surface area contributed by atoms with Crippen molar-refractivity contribution in [2.24, 2.45) is 0 Å². The van der Waals surface area contributed by atoms with E-state index in [1.165, 1.54) is 39.0 Å². The molecule has 38 nitrogen and oxygen atoms in total. The molecule has 0 aromatic heterocycles. The number of carbonyl (C=O) groups is 1. The molecule has 0 aromatic carbocycles. The minimum absolute atomic E-state index is 0.0912. The van der Waals surface area contributed by atoms with Crippen molar-refractivity contribution in [2.75, 3.05) is 39.6 Å². The van der Waals surface area contributed by atoms with Crippen LogP contribution in [-0.4, -0.2) is 390 Å². The Hall–Kier alpha value is -4.05. The molecule has 690 valence electrons. The normalized spacial score (nSPS) is 41.1. The van der Waals surface area contributed by atoms with E-state index in [1.54, 1.807) is 27.7 Å². The van der Waals surface area contributed by atoms with Gasteiger partial charge in [-0.2, -0.15) is 0 Å². The highest BCUT2D eigenvalue weighted by Gasteiger charge is 2.57. The van der Waals surface area contributed by atoms with Crippen molar-refractivity contribution in [2.45, 2.75) is 372 Å². The first-order valence-electron chi connectivity index (χ1n) is 40.9. The SMILES string of the molecule is C=C[C@](C)(CC/C=C(/C)CC/C=C(/C)C[C@H](O)/C=C(/C)C(=O)O[C@@H]1[C@@H](O)[C@H](C)O[C@H](O[C@H]2[C@H](O)[C@@H](O)[C@H](OC/C(C)=C/CC/C(C)=C\CC/C(C)=C\CC[C@@](C)(C=C)O[C@@H]3O[C@H](CO)[C@@H](O)[C@H](O)[C@H]3O[C@H]3O[C@H](CO)[C@@H](O)[C@H](O)[C@H]3O)O[C@@H]2CO[C@@H]2O[C@@H](C)[C@H](O)[C@@H](O)[C@H]2O)[C@@H]1O)O[C@@H]1O[C@H](CO)[C@@H](O)[C@H](O)[C@H]1O[C@@H]1O[C@H](CO)[C@@H](O)[C@H](O)[C@H]1O. The number of ether oxygens (including phenoxy) is 15. The van der Waals surface area contributed by atoms with Crippen LogP contribution in [0, 0.1) is 0 Å². The van der Waals surface area contributed by atoms with E-state index in [2.05, 4.69) is 19.2 Å². The van der Waals surface area contributed by atoms with Crippen LogP contribution in [-0.2, 0) is 75.8 Å². The van der Waals surface area contributed by atoms with Gasteiger partial charge in [0.2, 0.25) is 0 Å². The molecule has 0 aliphatic carbocycles. The minimum atomic E-state index is -1.97. The van der Waals surface area contributed by atoms with Crippen LogP contribution < -0.4 is 0 Å². The van der Waals surface area contributed by atoms with E-state index >= 15 is 0 Å². The molecule has 0 saturated carbocycles. The highest BCUT2D eigenvalue weighted by Crippen LogP contribution is 2.39. The van der Waals surface area contributed by atoms with E-state index in [1.807, 2.05) is 45.1 Å². The van der Waals surface area contributed by atoms with Crippen molar-refractivity contribution in [3.63, 3.8) is 0 Å². The first kappa shape index (κ1) is 103. The van der Waals surface area contributed by atoms with E-state index in [4.69, 9.17) is 71.1 Å². The maximum absolute atomic E-state index is 13.7. The quantitative estimate of drug-likeness (QED) is 0.0161. The molecule has 7 rings (SSSR count). The van der Waals surface area contributed by atoms with Crippen molar-refractivity contribution in [3.05, 3.63) is 95.2 Å².